The fourth-order valence-corrected chi connectivity index (χ4v) is 3.03. The summed E-state index contributed by atoms with van der Waals surface area (Å²) in [5.41, 5.74) is 0.287. The number of aryl methyl sites for hydroxylation is 2. The molecule has 0 amide bonds. The molecule has 1 heterocycles. The number of carboxylic acids is 1. The van der Waals surface area contributed by atoms with Crippen LogP contribution in [-0.4, -0.2) is 26.0 Å². The highest BCUT2D eigenvalue weighted by Gasteiger charge is 2.30. The maximum atomic E-state index is 12.0. The predicted molar refractivity (Wildman–Crippen MR) is 65.1 cm³/mol. The van der Waals surface area contributed by atoms with Crippen molar-refractivity contribution >= 4 is 16.0 Å². The number of furan rings is 1. The summed E-state index contributed by atoms with van der Waals surface area (Å²) in [7, 11) is -3.93. The van der Waals surface area contributed by atoms with Crippen molar-refractivity contribution in [2.24, 2.45) is 0 Å². The van der Waals surface area contributed by atoms with Gasteiger partial charge in [-0.05, 0) is 20.8 Å². The maximum Gasteiger partial charge on any atom is 0.340 e. The van der Waals surface area contributed by atoms with E-state index >= 15 is 0 Å². The van der Waals surface area contributed by atoms with E-state index in [0.29, 0.717) is 5.57 Å². The van der Waals surface area contributed by atoms with Gasteiger partial charge in [0.2, 0.25) is 10.0 Å². The number of aromatic carboxylic acids is 1. The van der Waals surface area contributed by atoms with E-state index in [1.807, 2.05) is 0 Å². The third-order valence-electron chi connectivity index (χ3n) is 2.25. The highest BCUT2D eigenvalue weighted by Crippen LogP contribution is 2.26. The molecule has 2 N–H and O–H groups in total. The van der Waals surface area contributed by atoms with Crippen LogP contribution in [0.15, 0.2) is 21.5 Å². The van der Waals surface area contributed by atoms with Crippen LogP contribution in [0.4, 0.5) is 0 Å². The first-order chi connectivity index (χ1) is 8.16. The number of nitrogens with one attached hydrogen (secondary N) is 1. The van der Waals surface area contributed by atoms with Crippen LogP contribution in [-0.2, 0) is 10.0 Å². The van der Waals surface area contributed by atoms with Crippen LogP contribution in [0.1, 0.15) is 28.8 Å². The van der Waals surface area contributed by atoms with E-state index in [-0.39, 0.29) is 28.5 Å². The Labute approximate surface area is 105 Å². The van der Waals surface area contributed by atoms with Crippen molar-refractivity contribution in [3.05, 3.63) is 29.2 Å². The van der Waals surface area contributed by atoms with Gasteiger partial charge in [-0.1, -0.05) is 12.2 Å². The average molecular weight is 273 g/mol. The maximum absolute atomic E-state index is 12.0. The summed E-state index contributed by atoms with van der Waals surface area (Å²) in [6.07, 6.45) is 0. The molecule has 0 unspecified atom stereocenters. The molecule has 100 valence electrons. The van der Waals surface area contributed by atoms with E-state index in [9.17, 15) is 13.2 Å². The molecule has 6 nitrogen and oxygen atoms in total. The lowest BCUT2D eigenvalue weighted by Crippen LogP contribution is -2.27. The van der Waals surface area contributed by atoms with Gasteiger partial charge in [0.05, 0.1) is 0 Å². The number of hydrogen-bond acceptors (Lipinski definition) is 4. The van der Waals surface area contributed by atoms with Crippen LogP contribution in [0, 0.1) is 13.8 Å². The second-order valence-electron chi connectivity index (χ2n) is 4.01. The Bertz CT molecular complexity index is 597. The van der Waals surface area contributed by atoms with E-state index in [1.54, 1.807) is 6.92 Å². The van der Waals surface area contributed by atoms with Gasteiger partial charge in [0, 0.05) is 6.54 Å². The van der Waals surface area contributed by atoms with Crippen molar-refractivity contribution in [1.29, 1.82) is 0 Å². The fourth-order valence-electron chi connectivity index (χ4n) is 1.52. The fraction of sp³-hybridized carbons (Fsp3) is 0.364. The molecule has 1 rings (SSSR count). The van der Waals surface area contributed by atoms with Crippen LogP contribution in [0.3, 0.4) is 0 Å². The molecule has 0 saturated heterocycles. The SMILES string of the molecule is C=C(C)CNS(=O)(=O)c1c(C)oc(C)c1C(=O)O. The topological polar surface area (TPSA) is 96.6 Å². The average Bonchev–Trinajstić information content (AvgIpc) is 2.51. The minimum Gasteiger partial charge on any atom is -0.478 e. The Morgan fingerprint density at radius 1 is 1.39 bits per heavy atom. The molecule has 7 heteroatoms. The molecular weight excluding hydrogens is 258 g/mol. The third kappa shape index (κ3) is 2.80. The van der Waals surface area contributed by atoms with Crippen molar-refractivity contribution in [3.63, 3.8) is 0 Å². The summed E-state index contributed by atoms with van der Waals surface area (Å²) >= 11 is 0. The van der Waals surface area contributed by atoms with E-state index in [2.05, 4.69) is 11.3 Å². The van der Waals surface area contributed by atoms with Crippen molar-refractivity contribution in [1.82, 2.24) is 4.72 Å². The predicted octanol–water partition coefficient (Wildman–Crippen LogP) is 1.45. The summed E-state index contributed by atoms with van der Waals surface area (Å²) < 4.78 is 31.4. The van der Waals surface area contributed by atoms with Crippen LogP contribution in [0.2, 0.25) is 0 Å². The second kappa shape index (κ2) is 4.95. The van der Waals surface area contributed by atoms with Gasteiger partial charge in [0.15, 0.2) is 0 Å². The second-order valence-corrected chi connectivity index (χ2v) is 5.71. The van der Waals surface area contributed by atoms with E-state index in [4.69, 9.17) is 9.52 Å². The summed E-state index contributed by atoms with van der Waals surface area (Å²) in [5, 5.41) is 9.03. The molecular formula is C11H15NO5S. The van der Waals surface area contributed by atoms with E-state index in [0.717, 1.165) is 0 Å². The molecule has 0 bridgehead atoms. The highest BCUT2D eigenvalue weighted by molar-refractivity contribution is 7.89. The van der Waals surface area contributed by atoms with Crippen molar-refractivity contribution < 1.29 is 22.7 Å². The van der Waals surface area contributed by atoms with Crippen molar-refractivity contribution in [2.75, 3.05) is 6.54 Å². The lowest BCUT2D eigenvalue weighted by molar-refractivity contribution is 0.0691. The molecule has 0 spiro atoms. The summed E-state index contributed by atoms with van der Waals surface area (Å²) in [5.74, 6) is -1.21. The minimum atomic E-state index is -3.93. The van der Waals surface area contributed by atoms with Gasteiger partial charge in [0.25, 0.3) is 0 Å². The molecule has 18 heavy (non-hydrogen) atoms. The lowest BCUT2D eigenvalue weighted by Gasteiger charge is -2.06. The summed E-state index contributed by atoms with van der Waals surface area (Å²) in [6.45, 7) is 8.10. The molecule has 0 saturated carbocycles. The molecule has 1 aromatic heterocycles. The van der Waals surface area contributed by atoms with Gasteiger partial charge in [-0.2, -0.15) is 0 Å². The Morgan fingerprint density at radius 2 is 1.94 bits per heavy atom. The molecule has 0 aliphatic carbocycles. The molecule has 0 aromatic carbocycles. The van der Waals surface area contributed by atoms with Gasteiger partial charge in [-0.3, -0.25) is 0 Å². The standard InChI is InChI=1S/C11H15NO5S/c1-6(2)5-12-18(15,16)10-8(4)17-7(3)9(10)11(13)14/h12H,1,5H2,2-4H3,(H,13,14). The van der Waals surface area contributed by atoms with E-state index in [1.165, 1.54) is 13.8 Å². The Morgan fingerprint density at radius 3 is 2.39 bits per heavy atom. The monoisotopic (exact) mass is 273 g/mol. The highest BCUT2D eigenvalue weighted by atomic mass is 32.2. The molecule has 0 aliphatic heterocycles. The van der Waals surface area contributed by atoms with Gasteiger partial charge >= 0.3 is 5.97 Å². The molecule has 1 aromatic rings. The quantitative estimate of drug-likeness (QED) is 0.791. The first-order valence-electron chi connectivity index (χ1n) is 5.14. The smallest absolute Gasteiger partial charge is 0.340 e. The molecule has 0 aliphatic rings. The normalized spacial score (nSPS) is 11.5. The van der Waals surface area contributed by atoms with Gasteiger partial charge in [-0.25, -0.2) is 17.9 Å². The molecule has 0 radical (unpaired) electrons. The van der Waals surface area contributed by atoms with Crippen molar-refractivity contribution in [3.8, 4) is 0 Å². The minimum absolute atomic E-state index is 0.0467. The lowest BCUT2D eigenvalue weighted by atomic mass is 10.2. The van der Waals surface area contributed by atoms with Crippen LogP contribution >= 0.6 is 0 Å². The van der Waals surface area contributed by atoms with Crippen LogP contribution in [0.25, 0.3) is 0 Å². The number of hydrogen-bond donors (Lipinski definition) is 2. The zero-order chi connectivity index (χ0) is 14.1. The molecule has 0 atom stereocenters. The van der Waals surface area contributed by atoms with Crippen LogP contribution in [0.5, 0.6) is 0 Å². The number of carbonyl (C=O) groups is 1. The first-order valence-corrected chi connectivity index (χ1v) is 6.62. The number of sulfonamides is 1. The molecule has 0 fully saturated rings. The first kappa shape index (κ1) is 14.5. The van der Waals surface area contributed by atoms with Crippen molar-refractivity contribution in [2.45, 2.75) is 25.7 Å². The number of carboxylic acid groups (broad SMARTS) is 1. The Kier molecular flexibility index (Phi) is 3.98. The Balaban J connectivity index is 3.32. The summed E-state index contributed by atoms with van der Waals surface area (Å²) in [6, 6.07) is 0. The summed E-state index contributed by atoms with van der Waals surface area (Å²) in [4.78, 5) is 10.7. The largest absolute Gasteiger partial charge is 0.478 e. The third-order valence-corrected chi connectivity index (χ3v) is 3.81. The van der Waals surface area contributed by atoms with Gasteiger partial charge in [-0.15, -0.1) is 0 Å². The Hall–Kier alpha value is -1.60. The van der Waals surface area contributed by atoms with Gasteiger partial charge in [0.1, 0.15) is 22.0 Å². The van der Waals surface area contributed by atoms with E-state index < -0.39 is 16.0 Å². The number of rotatable bonds is 5. The van der Waals surface area contributed by atoms with Gasteiger partial charge < -0.3 is 9.52 Å². The van der Waals surface area contributed by atoms with Crippen LogP contribution < -0.4 is 4.72 Å². The zero-order valence-corrected chi connectivity index (χ0v) is 11.2. The zero-order valence-electron chi connectivity index (χ0n) is 10.4.